The van der Waals surface area contributed by atoms with Gasteiger partial charge in [-0.25, -0.2) is 4.68 Å². The van der Waals surface area contributed by atoms with Crippen LogP contribution in [-0.4, -0.2) is 34.2 Å². The van der Waals surface area contributed by atoms with Crippen LogP contribution in [0.2, 0.25) is 0 Å². The molecule has 2 rings (SSSR count). The van der Waals surface area contributed by atoms with Crippen molar-refractivity contribution in [2.24, 2.45) is 0 Å². The van der Waals surface area contributed by atoms with Gasteiger partial charge in [-0.05, 0) is 38.4 Å². The van der Waals surface area contributed by atoms with Crippen LogP contribution < -0.4 is 5.32 Å². The number of aryl methyl sites for hydroxylation is 1. The van der Waals surface area contributed by atoms with E-state index in [9.17, 15) is 4.79 Å². The van der Waals surface area contributed by atoms with Crippen LogP contribution in [0.5, 0.6) is 0 Å². The standard InChI is InChI=1S/C18H26N4O/c1-5-15-6-8-16(9-7-15)12-21(4)13-18(23)20-17-10-11-19-22(17)14(2)3/h6-11,14H,5,12-13H2,1-4H3,(H,20,23). The number of likely N-dealkylation sites (N-methyl/N-ethyl adjacent to an activating group) is 1. The van der Waals surface area contributed by atoms with E-state index in [4.69, 9.17) is 0 Å². The molecular weight excluding hydrogens is 288 g/mol. The van der Waals surface area contributed by atoms with Crippen molar-refractivity contribution >= 4 is 11.7 Å². The molecule has 0 spiro atoms. The van der Waals surface area contributed by atoms with E-state index < -0.39 is 0 Å². The zero-order valence-electron chi connectivity index (χ0n) is 14.4. The lowest BCUT2D eigenvalue weighted by Gasteiger charge is -2.17. The second kappa shape index (κ2) is 7.92. The Hall–Kier alpha value is -2.14. The molecule has 0 aliphatic carbocycles. The molecule has 124 valence electrons. The van der Waals surface area contributed by atoms with Crippen LogP contribution in [0.15, 0.2) is 36.5 Å². The van der Waals surface area contributed by atoms with Crippen LogP contribution >= 0.6 is 0 Å². The van der Waals surface area contributed by atoms with Crippen molar-refractivity contribution in [1.82, 2.24) is 14.7 Å². The normalized spacial score (nSPS) is 11.2. The fourth-order valence-corrected chi connectivity index (χ4v) is 2.50. The summed E-state index contributed by atoms with van der Waals surface area (Å²) >= 11 is 0. The topological polar surface area (TPSA) is 50.2 Å². The van der Waals surface area contributed by atoms with E-state index in [2.05, 4.69) is 41.6 Å². The van der Waals surface area contributed by atoms with Gasteiger partial charge in [0.2, 0.25) is 5.91 Å². The molecule has 5 heteroatoms. The molecule has 0 saturated heterocycles. The summed E-state index contributed by atoms with van der Waals surface area (Å²) in [6.07, 6.45) is 2.75. The number of rotatable bonds is 7. The molecule has 0 unspecified atom stereocenters. The van der Waals surface area contributed by atoms with Crippen molar-refractivity contribution in [2.45, 2.75) is 39.8 Å². The average Bonchev–Trinajstić information content (AvgIpc) is 2.96. The zero-order chi connectivity index (χ0) is 16.8. The van der Waals surface area contributed by atoms with Crippen LogP contribution in [0.4, 0.5) is 5.82 Å². The third kappa shape index (κ3) is 4.93. The fraction of sp³-hybridized carbons (Fsp3) is 0.444. The van der Waals surface area contributed by atoms with E-state index in [1.54, 1.807) is 10.9 Å². The molecule has 1 aromatic carbocycles. The highest BCUT2D eigenvalue weighted by Gasteiger charge is 2.11. The van der Waals surface area contributed by atoms with Crippen LogP contribution in [0.1, 0.15) is 37.9 Å². The van der Waals surface area contributed by atoms with Gasteiger partial charge < -0.3 is 5.32 Å². The van der Waals surface area contributed by atoms with Crippen molar-refractivity contribution in [1.29, 1.82) is 0 Å². The second-order valence-corrected chi connectivity index (χ2v) is 6.15. The number of benzene rings is 1. The molecule has 0 atom stereocenters. The van der Waals surface area contributed by atoms with E-state index in [0.717, 1.165) is 18.8 Å². The van der Waals surface area contributed by atoms with Gasteiger partial charge in [-0.3, -0.25) is 9.69 Å². The number of carbonyl (C=O) groups excluding carboxylic acids is 1. The Morgan fingerprint density at radius 1 is 1.22 bits per heavy atom. The second-order valence-electron chi connectivity index (χ2n) is 6.15. The van der Waals surface area contributed by atoms with Gasteiger partial charge in [0.25, 0.3) is 0 Å². The molecular formula is C18H26N4O. The summed E-state index contributed by atoms with van der Waals surface area (Å²) in [6.45, 7) is 7.32. The Bertz CT molecular complexity index is 631. The maximum absolute atomic E-state index is 12.2. The lowest BCUT2D eigenvalue weighted by atomic mass is 10.1. The first-order valence-electron chi connectivity index (χ1n) is 8.09. The minimum absolute atomic E-state index is 0.0277. The molecule has 5 nitrogen and oxygen atoms in total. The molecule has 0 aliphatic heterocycles. The SMILES string of the molecule is CCc1ccc(CN(C)CC(=O)Nc2ccnn2C(C)C)cc1. The number of aromatic nitrogens is 2. The summed E-state index contributed by atoms with van der Waals surface area (Å²) in [4.78, 5) is 14.2. The number of anilines is 1. The Morgan fingerprint density at radius 2 is 1.87 bits per heavy atom. The smallest absolute Gasteiger partial charge is 0.239 e. The first kappa shape index (κ1) is 17.2. The molecule has 23 heavy (non-hydrogen) atoms. The fourth-order valence-electron chi connectivity index (χ4n) is 2.50. The Balaban J connectivity index is 1.87. The molecule has 0 bridgehead atoms. The van der Waals surface area contributed by atoms with Gasteiger partial charge in [0.1, 0.15) is 5.82 Å². The Kier molecular flexibility index (Phi) is 5.93. The number of hydrogen-bond donors (Lipinski definition) is 1. The highest BCUT2D eigenvalue weighted by Crippen LogP contribution is 2.13. The molecule has 1 heterocycles. The predicted molar refractivity (Wildman–Crippen MR) is 93.4 cm³/mol. The van der Waals surface area contributed by atoms with Gasteiger partial charge >= 0.3 is 0 Å². The van der Waals surface area contributed by atoms with E-state index in [1.807, 2.05) is 31.9 Å². The first-order chi connectivity index (χ1) is 11.0. The minimum Gasteiger partial charge on any atom is -0.310 e. The summed E-state index contributed by atoms with van der Waals surface area (Å²) in [7, 11) is 1.95. The molecule has 0 radical (unpaired) electrons. The highest BCUT2D eigenvalue weighted by molar-refractivity contribution is 5.91. The average molecular weight is 314 g/mol. The van der Waals surface area contributed by atoms with E-state index in [1.165, 1.54) is 11.1 Å². The Labute approximate surface area is 138 Å². The highest BCUT2D eigenvalue weighted by atomic mass is 16.2. The van der Waals surface area contributed by atoms with Gasteiger partial charge in [-0.15, -0.1) is 0 Å². The van der Waals surface area contributed by atoms with Gasteiger partial charge in [0.05, 0.1) is 12.7 Å². The molecule has 1 aromatic heterocycles. The van der Waals surface area contributed by atoms with E-state index in [-0.39, 0.29) is 11.9 Å². The number of nitrogens with one attached hydrogen (secondary N) is 1. The first-order valence-corrected chi connectivity index (χ1v) is 8.09. The summed E-state index contributed by atoms with van der Waals surface area (Å²) in [5.41, 5.74) is 2.54. The molecule has 0 fully saturated rings. The maximum Gasteiger partial charge on any atom is 0.239 e. The molecule has 0 aliphatic rings. The van der Waals surface area contributed by atoms with Crippen LogP contribution in [0, 0.1) is 0 Å². The number of nitrogens with zero attached hydrogens (tertiary/aromatic N) is 3. The zero-order valence-corrected chi connectivity index (χ0v) is 14.4. The van der Waals surface area contributed by atoms with Crippen molar-refractivity contribution in [3.05, 3.63) is 47.7 Å². The lowest BCUT2D eigenvalue weighted by molar-refractivity contribution is -0.117. The van der Waals surface area contributed by atoms with Gasteiger partial charge in [0.15, 0.2) is 0 Å². The Morgan fingerprint density at radius 3 is 2.48 bits per heavy atom. The molecule has 2 aromatic rings. The summed E-state index contributed by atoms with van der Waals surface area (Å²) in [6, 6.07) is 10.6. The quantitative estimate of drug-likeness (QED) is 0.854. The van der Waals surface area contributed by atoms with Crippen molar-refractivity contribution in [3.63, 3.8) is 0 Å². The van der Waals surface area contributed by atoms with Crippen molar-refractivity contribution in [3.8, 4) is 0 Å². The predicted octanol–water partition coefficient (Wildman–Crippen LogP) is 3.10. The third-order valence-electron chi connectivity index (χ3n) is 3.72. The minimum atomic E-state index is -0.0277. The van der Waals surface area contributed by atoms with Crippen LogP contribution in [-0.2, 0) is 17.8 Å². The van der Waals surface area contributed by atoms with Gasteiger partial charge in [0, 0.05) is 18.7 Å². The molecule has 1 amide bonds. The largest absolute Gasteiger partial charge is 0.310 e. The molecule has 1 N–H and O–H groups in total. The summed E-state index contributed by atoms with van der Waals surface area (Å²) in [5.74, 6) is 0.714. The maximum atomic E-state index is 12.2. The number of hydrogen-bond acceptors (Lipinski definition) is 3. The monoisotopic (exact) mass is 314 g/mol. The van der Waals surface area contributed by atoms with E-state index in [0.29, 0.717) is 6.54 Å². The van der Waals surface area contributed by atoms with Crippen molar-refractivity contribution < 1.29 is 4.79 Å². The van der Waals surface area contributed by atoms with Crippen molar-refractivity contribution in [2.75, 3.05) is 18.9 Å². The van der Waals surface area contributed by atoms with Crippen LogP contribution in [0.25, 0.3) is 0 Å². The number of amides is 1. The van der Waals surface area contributed by atoms with Gasteiger partial charge in [-0.1, -0.05) is 31.2 Å². The van der Waals surface area contributed by atoms with Gasteiger partial charge in [-0.2, -0.15) is 5.10 Å². The lowest BCUT2D eigenvalue weighted by Crippen LogP contribution is -2.30. The van der Waals surface area contributed by atoms with Crippen LogP contribution in [0.3, 0.4) is 0 Å². The van der Waals surface area contributed by atoms with E-state index >= 15 is 0 Å². The summed E-state index contributed by atoms with van der Waals surface area (Å²) in [5, 5.41) is 7.15. The summed E-state index contributed by atoms with van der Waals surface area (Å²) < 4.78 is 1.81. The third-order valence-corrected chi connectivity index (χ3v) is 3.72. The number of carbonyl (C=O) groups is 1. The molecule has 0 saturated carbocycles.